The van der Waals surface area contributed by atoms with E-state index in [0.29, 0.717) is 18.4 Å². The molecular formula is C17H17N3O2. The van der Waals surface area contributed by atoms with Crippen LogP contribution in [0.1, 0.15) is 41.0 Å². The molecule has 1 atom stereocenters. The van der Waals surface area contributed by atoms with Gasteiger partial charge in [0.05, 0.1) is 11.7 Å². The minimum Gasteiger partial charge on any atom is -0.344 e. The van der Waals surface area contributed by atoms with Crippen molar-refractivity contribution in [3.63, 3.8) is 0 Å². The van der Waals surface area contributed by atoms with Crippen LogP contribution in [-0.2, 0) is 11.2 Å². The minimum absolute atomic E-state index is 0.0217. The number of hydrogen-bond acceptors (Lipinski definition) is 3. The fourth-order valence-corrected chi connectivity index (χ4v) is 2.51. The standard InChI is InChI=1S/C17H17N3O2/c1-11(14-4-2-3-9-18-14)19-17(22)13-5-7-15-12(10-13)6-8-16(21)20-15/h2-5,7,9-11H,6,8H2,1H3,(H,19,22)(H,20,21). The van der Waals surface area contributed by atoms with Crippen LogP contribution in [-0.4, -0.2) is 16.8 Å². The van der Waals surface area contributed by atoms with Gasteiger partial charge in [-0.15, -0.1) is 0 Å². The largest absolute Gasteiger partial charge is 0.344 e. The molecule has 0 fully saturated rings. The Bertz CT molecular complexity index is 713. The van der Waals surface area contributed by atoms with Gasteiger partial charge in [-0.2, -0.15) is 0 Å². The van der Waals surface area contributed by atoms with Gasteiger partial charge in [0.25, 0.3) is 5.91 Å². The number of rotatable bonds is 3. The van der Waals surface area contributed by atoms with E-state index in [1.165, 1.54) is 0 Å². The van der Waals surface area contributed by atoms with Gasteiger partial charge >= 0.3 is 0 Å². The van der Waals surface area contributed by atoms with Gasteiger partial charge < -0.3 is 10.6 Å². The molecule has 2 aromatic rings. The van der Waals surface area contributed by atoms with Gasteiger partial charge in [0, 0.05) is 23.9 Å². The molecule has 1 unspecified atom stereocenters. The lowest BCUT2D eigenvalue weighted by Gasteiger charge is -2.18. The van der Waals surface area contributed by atoms with E-state index in [4.69, 9.17) is 0 Å². The lowest BCUT2D eigenvalue weighted by Crippen LogP contribution is -2.27. The molecule has 0 spiro atoms. The van der Waals surface area contributed by atoms with E-state index in [0.717, 1.165) is 16.9 Å². The zero-order chi connectivity index (χ0) is 15.5. The van der Waals surface area contributed by atoms with Crippen molar-refractivity contribution in [1.82, 2.24) is 10.3 Å². The Balaban J connectivity index is 1.74. The second kappa shape index (κ2) is 5.97. The molecule has 1 aliphatic rings. The molecule has 2 heterocycles. The summed E-state index contributed by atoms with van der Waals surface area (Å²) in [5.41, 5.74) is 3.21. The zero-order valence-electron chi connectivity index (χ0n) is 12.3. The van der Waals surface area contributed by atoms with Crippen LogP contribution in [0.4, 0.5) is 5.69 Å². The minimum atomic E-state index is -0.163. The molecular weight excluding hydrogens is 278 g/mol. The second-order valence-corrected chi connectivity index (χ2v) is 5.37. The summed E-state index contributed by atoms with van der Waals surface area (Å²) in [6, 6.07) is 10.8. The molecule has 0 bridgehead atoms. The first-order valence-corrected chi connectivity index (χ1v) is 7.28. The average Bonchev–Trinajstić information content (AvgIpc) is 2.55. The molecule has 1 aromatic carbocycles. The smallest absolute Gasteiger partial charge is 0.251 e. The van der Waals surface area contributed by atoms with Gasteiger partial charge in [-0.1, -0.05) is 6.07 Å². The quantitative estimate of drug-likeness (QED) is 0.913. The topological polar surface area (TPSA) is 71.1 Å². The molecule has 5 nitrogen and oxygen atoms in total. The SMILES string of the molecule is CC(NC(=O)c1ccc2c(c1)CCC(=O)N2)c1ccccn1. The predicted octanol–water partition coefficient (Wildman–Crippen LogP) is 2.46. The predicted molar refractivity (Wildman–Crippen MR) is 83.5 cm³/mol. The maximum atomic E-state index is 12.4. The van der Waals surface area contributed by atoms with Crippen LogP contribution in [0, 0.1) is 0 Å². The molecule has 5 heteroatoms. The van der Waals surface area contributed by atoms with Gasteiger partial charge in [0.2, 0.25) is 5.91 Å². The number of nitrogens with one attached hydrogen (secondary N) is 2. The average molecular weight is 295 g/mol. The van der Waals surface area contributed by atoms with Crippen molar-refractivity contribution in [3.05, 3.63) is 59.4 Å². The van der Waals surface area contributed by atoms with E-state index in [-0.39, 0.29) is 17.9 Å². The number of aromatic nitrogens is 1. The van der Waals surface area contributed by atoms with Crippen LogP contribution in [0.2, 0.25) is 0 Å². The summed E-state index contributed by atoms with van der Waals surface area (Å²) >= 11 is 0. The second-order valence-electron chi connectivity index (χ2n) is 5.37. The van der Waals surface area contributed by atoms with Crippen LogP contribution in [0.15, 0.2) is 42.6 Å². The Morgan fingerprint density at radius 3 is 2.91 bits per heavy atom. The van der Waals surface area contributed by atoms with Crippen LogP contribution in [0.5, 0.6) is 0 Å². The van der Waals surface area contributed by atoms with Gasteiger partial charge in [-0.3, -0.25) is 14.6 Å². The van der Waals surface area contributed by atoms with Crippen LogP contribution < -0.4 is 10.6 Å². The summed E-state index contributed by atoms with van der Waals surface area (Å²) in [6.07, 6.45) is 2.83. The van der Waals surface area contributed by atoms with Crippen molar-refractivity contribution < 1.29 is 9.59 Å². The number of anilines is 1. The highest BCUT2D eigenvalue weighted by Crippen LogP contribution is 2.23. The maximum absolute atomic E-state index is 12.4. The molecule has 1 aliphatic heterocycles. The Kier molecular flexibility index (Phi) is 3.87. The molecule has 0 saturated carbocycles. The van der Waals surface area contributed by atoms with Crippen LogP contribution in [0.3, 0.4) is 0 Å². The third-order valence-electron chi connectivity index (χ3n) is 3.74. The number of hydrogen-bond donors (Lipinski definition) is 2. The molecule has 112 valence electrons. The molecule has 2 amide bonds. The van der Waals surface area contributed by atoms with E-state index in [1.807, 2.05) is 31.2 Å². The number of pyridine rings is 1. The van der Waals surface area contributed by atoms with Gasteiger partial charge in [-0.05, 0) is 49.2 Å². The first-order valence-electron chi connectivity index (χ1n) is 7.28. The van der Waals surface area contributed by atoms with Crippen molar-refractivity contribution in [3.8, 4) is 0 Å². The molecule has 3 rings (SSSR count). The summed E-state index contributed by atoms with van der Waals surface area (Å²) in [7, 11) is 0. The number of benzene rings is 1. The van der Waals surface area contributed by atoms with Crippen LogP contribution in [0.25, 0.3) is 0 Å². The number of carbonyl (C=O) groups excluding carboxylic acids is 2. The Morgan fingerprint density at radius 1 is 1.27 bits per heavy atom. The van der Waals surface area contributed by atoms with Crippen LogP contribution >= 0.6 is 0 Å². The molecule has 0 aliphatic carbocycles. The molecule has 22 heavy (non-hydrogen) atoms. The first kappa shape index (κ1) is 14.3. The van der Waals surface area contributed by atoms with Crippen molar-refractivity contribution >= 4 is 17.5 Å². The number of amides is 2. The number of carbonyl (C=O) groups is 2. The first-order chi connectivity index (χ1) is 10.6. The van der Waals surface area contributed by atoms with Crippen molar-refractivity contribution in [1.29, 1.82) is 0 Å². The molecule has 0 saturated heterocycles. The van der Waals surface area contributed by atoms with E-state index in [2.05, 4.69) is 15.6 Å². The van der Waals surface area contributed by atoms with Gasteiger partial charge in [0.1, 0.15) is 0 Å². The fourth-order valence-electron chi connectivity index (χ4n) is 2.51. The number of fused-ring (bicyclic) bond motifs is 1. The Labute approximate surface area is 128 Å². The third-order valence-corrected chi connectivity index (χ3v) is 3.74. The van der Waals surface area contributed by atoms with Crippen molar-refractivity contribution in [2.75, 3.05) is 5.32 Å². The van der Waals surface area contributed by atoms with E-state index < -0.39 is 0 Å². The number of nitrogens with zero attached hydrogens (tertiary/aromatic N) is 1. The number of aryl methyl sites for hydroxylation is 1. The highest BCUT2D eigenvalue weighted by molar-refractivity contribution is 5.98. The van der Waals surface area contributed by atoms with Gasteiger partial charge in [-0.25, -0.2) is 0 Å². The Morgan fingerprint density at radius 2 is 2.14 bits per heavy atom. The van der Waals surface area contributed by atoms with E-state index in [9.17, 15) is 9.59 Å². The molecule has 1 aromatic heterocycles. The highest BCUT2D eigenvalue weighted by atomic mass is 16.2. The lowest BCUT2D eigenvalue weighted by molar-refractivity contribution is -0.116. The third kappa shape index (κ3) is 2.98. The maximum Gasteiger partial charge on any atom is 0.251 e. The van der Waals surface area contributed by atoms with Crippen molar-refractivity contribution in [2.24, 2.45) is 0 Å². The van der Waals surface area contributed by atoms with Gasteiger partial charge in [0.15, 0.2) is 0 Å². The highest BCUT2D eigenvalue weighted by Gasteiger charge is 2.18. The van der Waals surface area contributed by atoms with E-state index in [1.54, 1.807) is 18.3 Å². The summed E-state index contributed by atoms with van der Waals surface area (Å²) in [6.45, 7) is 1.90. The fraction of sp³-hybridized carbons (Fsp3) is 0.235. The summed E-state index contributed by atoms with van der Waals surface area (Å²) in [5.74, 6) is -0.119. The van der Waals surface area contributed by atoms with E-state index >= 15 is 0 Å². The van der Waals surface area contributed by atoms with Crippen molar-refractivity contribution in [2.45, 2.75) is 25.8 Å². The summed E-state index contributed by atoms with van der Waals surface area (Å²) in [5, 5.41) is 5.75. The zero-order valence-corrected chi connectivity index (χ0v) is 12.3. The molecule has 0 radical (unpaired) electrons. The summed E-state index contributed by atoms with van der Waals surface area (Å²) < 4.78 is 0. The Hall–Kier alpha value is -2.69. The monoisotopic (exact) mass is 295 g/mol. The molecule has 2 N–H and O–H groups in total. The summed E-state index contributed by atoms with van der Waals surface area (Å²) in [4.78, 5) is 27.9. The lowest BCUT2D eigenvalue weighted by atomic mass is 10.00. The normalized spacial score (nSPS) is 14.7.